The molecule has 3 nitrogen and oxygen atoms in total. The van der Waals surface area contributed by atoms with Gasteiger partial charge in [-0.3, -0.25) is 0 Å². The predicted molar refractivity (Wildman–Crippen MR) is 104 cm³/mol. The SMILES string of the molecule is Br.CCCCc1cc2c(s1)[C@@H]1c3cc(O)c(O)cc3CC[C@H]1NC2. The highest BCUT2D eigenvalue weighted by atomic mass is 79.9. The largest absolute Gasteiger partial charge is 0.504 e. The number of aryl methyl sites for hydroxylation is 2. The van der Waals surface area contributed by atoms with Gasteiger partial charge < -0.3 is 15.5 Å². The molecular weight excluding hydrogens is 386 g/mol. The Balaban J connectivity index is 0.00000169. The van der Waals surface area contributed by atoms with E-state index in [0.29, 0.717) is 12.0 Å². The van der Waals surface area contributed by atoms with Gasteiger partial charge in [0.25, 0.3) is 0 Å². The molecule has 0 radical (unpaired) electrons. The Morgan fingerprint density at radius 3 is 2.75 bits per heavy atom. The highest BCUT2D eigenvalue weighted by Crippen LogP contribution is 2.46. The third-order valence-corrected chi connectivity index (χ3v) is 6.53. The third kappa shape index (κ3) is 2.98. The molecule has 0 amide bonds. The Morgan fingerprint density at radius 1 is 1.17 bits per heavy atom. The van der Waals surface area contributed by atoms with Gasteiger partial charge in [-0.05, 0) is 60.6 Å². The average Bonchev–Trinajstić information content (AvgIpc) is 2.96. The minimum atomic E-state index is -0.000661. The lowest BCUT2D eigenvalue weighted by atomic mass is 9.75. The minimum Gasteiger partial charge on any atom is -0.504 e. The van der Waals surface area contributed by atoms with Crippen molar-refractivity contribution in [1.82, 2.24) is 5.32 Å². The maximum atomic E-state index is 9.97. The summed E-state index contributed by atoms with van der Waals surface area (Å²) in [5.41, 5.74) is 3.79. The van der Waals surface area contributed by atoms with Crippen LogP contribution in [0.5, 0.6) is 11.5 Å². The van der Waals surface area contributed by atoms with Gasteiger partial charge in [0.1, 0.15) is 0 Å². The number of hydrogen-bond donors (Lipinski definition) is 3. The highest BCUT2D eigenvalue weighted by Gasteiger charge is 2.36. The molecule has 0 saturated carbocycles. The molecule has 1 aliphatic carbocycles. The standard InChI is InChI=1S/C19H23NO2S.BrH/c1-2-3-4-13-7-12-10-20-15-6-5-11-8-16(21)17(22)9-14(11)18(15)19(12)23-13;/h7-9,15,18,20-22H,2-6,10H2,1H3;1H/t15-,18-;/m1./s1. The zero-order chi connectivity index (χ0) is 16.0. The van der Waals surface area contributed by atoms with Crippen molar-refractivity contribution in [3.8, 4) is 11.5 Å². The molecule has 24 heavy (non-hydrogen) atoms. The average molecular weight is 410 g/mol. The number of aromatic hydroxyl groups is 2. The molecule has 0 fully saturated rings. The number of benzene rings is 1. The first-order valence-electron chi connectivity index (χ1n) is 8.57. The summed E-state index contributed by atoms with van der Waals surface area (Å²) in [5.74, 6) is 0.315. The summed E-state index contributed by atoms with van der Waals surface area (Å²) >= 11 is 1.95. The van der Waals surface area contributed by atoms with Crippen LogP contribution in [0.25, 0.3) is 0 Å². The Kier molecular flexibility index (Phi) is 5.23. The van der Waals surface area contributed by atoms with E-state index < -0.39 is 0 Å². The lowest BCUT2D eigenvalue weighted by molar-refractivity contribution is 0.383. The molecule has 2 heterocycles. The highest BCUT2D eigenvalue weighted by molar-refractivity contribution is 8.93. The van der Waals surface area contributed by atoms with Gasteiger partial charge in [-0.25, -0.2) is 0 Å². The molecule has 3 N–H and O–H groups in total. The van der Waals surface area contributed by atoms with Crippen LogP contribution in [0.1, 0.15) is 58.5 Å². The van der Waals surface area contributed by atoms with Gasteiger partial charge in [0, 0.05) is 28.3 Å². The zero-order valence-corrected chi connectivity index (χ0v) is 16.4. The molecule has 0 unspecified atom stereocenters. The van der Waals surface area contributed by atoms with Crippen LogP contribution in [-0.4, -0.2) is 16.3 Å². The van der Waals surface area contributed by atoms with Crippen LogP contribution in [-0.2, 0) is 19.4 Å². The van der Waals surface area contributed by atoms with Gasteiger partial charge >= 0.3 is 0 Å². The van der Waals surface area contributed by atoms with E-state index in [-0.39, 0.29) is 28.5 Å². The van der Waals surface area contributed by atoms with Crippen molar-refractivity contribution in [2.24, 2.45) is 0 Å². The summed E-state index contributed by atoms with van der Waals surface area (Å²) in [6.07, 6.45) is 5.68. The second-order valence-corrected chi connectivity index (χ2v) is 7.92. The normalized spacial score (nSPS) is 21.4. The minimum absolute atomic E-state index is 0. The number of rotatable bonds is 3. The summed E-state index contributed by atoms with van der Waals surface area (Å²) in [4.78, 5) is 2.94. The van der Waals surface area contributed by atoms with E-state index in [1.807, 2.05) is 11.3 Å². The van der Waals surface area contributed by atoms with E-state index >= 15 is 0 Å². The number of unbranched alkanes of at least 4 members (excludes halogenated alkanes) is 1. The van der Waals surface area contributed by atoms with Gasteiger partial charge in [0.2, 0.25) is 0 Å². The van der Waals surface area contributed by atoms with Crippen molar-refractivity contribution in [2.75, 3.05) is 0 Å². The van der Waals surface area contributed by atoms with Crippen LogP contribution in [0.2, 0.25) is 0 Å². The number of fused-ring (bicyclic) bond motifs is 5. The zero-order valence-electron chi connectivity index (χ0n) is 13.8. The second kappa shape index (κ2) is 7.06. The fourth-order valence-electron chi connectivity index (χ4n) is 4.00. The monoisotopic (exact) mass is 409 g/mol. The lowest BCUT2D eigenvalue weighted by Crippen LogP contribution is -2.41. The van der Waals surface area contributed by atoms with E-state index in [1.54, 1.807) is 12.1 Å². The Labute approximate surface area is 157 Å². The van der Waals surface area contributed by atoms with Crippen molar-refractivity contribution in [1.29, 1.82) is 0 Å². The molecule has 0 bridgehead atoms. The fourth-order valence-corrected chi connectivity index (χ4v) is 5.41. The number of phenolic OH excluding ortho intramolecular Hbond substituents is 2. The molecule has 1 aromatic heterocycles. The Hall–Kier alpha value is -1.04. The Bertz CT molecular complexity index is 743. The molecule has 1 aromatic carbocycles. The van der Waals surface area contributed by atoms with E-state index in [4.69, 9.17) is 0 Å². The van der Waals surface area contributed by atoms with Crippen LogP contribution in [0.4, 0.5) is 0 Å². The van der Waals surface area contributed by atoms with E-state index in [2.05, 4.69) is 18.3 Å². The van der Waals surface area contributed by atoms with Gasteiger partial charge in [0.15, 0.2) is 11.5 Å². The molecular formula is C19H24BrNO2S. The number of hydrogen-bond acceptors (Lipinski definition) is 4. The van der Waals surface area contributed by atoms with Crippen molar-refractivity contribution < 1.29 is 10.2 Å². The quantitative estimate of drug-likeness (QED) is 0.647. The van der Waals surface area contributed by atoms with Crippen LogP contribution in [0.15, 0.2) is 18.2 Å². The molecule has 4 rings (SSSR count). The van der Waals surface area contributed by atoms with E-state index in [1.165, 1.54) is 45.7 Å². The summed E-state index contributed by atoms with van der Waals surface area (Å²) < 4.78 is 0. The molecule has 0 spiro atoms. The second-order valence-electron chi connectivity index (χ2n) is 6.75. The summed E-state index contributed by atoms with van der Waals surface area (Å²) in [7, 11) is 0. The van der Waals surface area contributed by atoms with Gasteiger partial charge in [-0.2, -0.15) is 0 Å². The van der Waals surface area contributed by atoms with Crippen molar-refractivity contribution in [3.05, 3.63) is 44.6 Å². The smallest absolute Gasteiger partial charge is 0.157 e. The van der Waals surface area contributed by atoms with Gasteiger partial charge in [-0.1, -0.05) is 13.3 Å². The summed E-state index contributed by atoms with van der Waals surface area (Å²) in [5, 5.41) is 23.5. The number of nitrogens with one attached hydrogen (secondary N) is 1. The maximum absolute atomic E-state index is 9.97. The van der Waals surface area contributed by atoms with E-state index in [0.717, 1.165) is 19.4 Å². The predicted octanol–water partition coefficient (Wildman–Crippen LogP) is 4.63. The number of thiophene rings is 1. The van der Waals surface area contributed by atoms with Crippen molar-refractivity contribution >= 4 is 28.3 Å². The summed E-state index contributed by atoms with van der Waals surface area (Å²) in [6, 6.07) is 6.34. The molecule has 2 atom stereocenters. The lowest BCUT2D eigenvalue weighted by Gasteiger charge is -2.38. The van der Waals surface area contributed by atoms with Gasteiger partial charge in [-0.15, -0.1) is 28.3 Å². The first kappa shape index (κ1) is 17.8. The molecule has 2 aliphatic rings. The molecule has 0 saturated heterocycles. The molecule has 1 aliphatic heterocycles. The van der Waals surface area contributed by atoms with Crippen LogP contribution >= 0.6 is 28.3 Å². The van der Waals surface area contributed by atoms with Crippen LogP contribution in [0.3, 0.4) is 0 Å². The topological polar surface area (TPSA) is 52.5 Å². The molecule has 2 aromatic rings. The van der Waals surface area contributed by atoms with Crippen LogP contribution in [0, 0.1) is 0 Å². The van der Waals surface area contributed by atoms with E-state index in [9.17, 15) is 10.2 Å². The summed E-state index contributed by atoms with van der Waals surface area (Å²) in [6.45, 7) is 3.19. The van der Waals surface area contributed by atoms with Gasteiger partial charge in [0.05, 0.1) is 0 Å². The number of halogens is 1. The Morgan fingerprint density at radius 2 is 1.96 bits per heavy atom. The van der Waals surface area contributed by atoms with Crippen molar-refractivity contribution in [3.63, 3.8) is 0 Å². The number of phenols is 2. The third-order valence-electron chi connectivity index (χ3n) is 5.21. The first-order chi connectivity index (χ1) is 11.2. The fraction of sp³-hybridized carbons (Fsp3) is 0.474. The molecule has 130 valence electrons. The van der Waals surface area contributed by atoms with Crippen LogP contribution < -0.4 is 5.32 Å². The molecule has 5 heteroatoms. The maximum Gasteiger partial charge on any atom is 0.157 e. The first-order valence-corrected chi connectivity index (χ1v) is 9.38. The van der Waals surface area contributed by atoms with Crippen molar-refractivity contribution in [2.45, 2.75) is 57.5 Å².